The maximum absolute atomic E-state index is 13.3. The molecule has 4 unspecified atom stereocenters. The molecule has 0 aromatic rings. The smallest absolute Gasteiger partial charge is 0.225 e. The van der Waals surface area contributed by atoms with Gasteiger partial charge in [0, 0.05) is 18.5 Å². The van der Waals surface area contributed by atoms with Crippen molar-refractivity contribution in [2.45, 2.75) is 78.2 Å². The van der Waals surface area contributed by atoms with Gasteiger partial charge in [0.05, 0.1) is 0 Å². The van der Waals surface area contributed by atoms with Crippen LogP contribution >= 0.6 is 0 Å². The maximum Gasteiger partial charge on any atom is 0.225 e. The molecule has 3 aliphatic rings. The van der Waals surface area contributed by atoms with Crippen molar-refractivity contribution >= 4 is 5.91 Å². The lowest BCUT2D eigenvalue weighted by Gasteiger charge is -2.35. The Kier molecular flexibility index (Phi) is 7.19. The first-order valence-corrected chi connectivity index (χ1v) is 11.3. The molecule has 0 radical (unpaired) electrons. The highest BCUT2D eigenvalue weighted by molar-refractivity contribution is 5.79. The molecule has 4 atom stereocenters. The van der Waals surface area contributed by atoms with Crippen molar-refractivity contribution in [2.24, 2.45) is 23.7 Å². The molecule has 3 nitrogen and oxygen atoms in total. The summed E-state index contributed by atoms with van der Waals surface area (Å²) in [5.41, 5.74) is 0. The average Bonchev–Trinajstić information content (AvgIpc) is 3.40. The Labute approximate surface area is 161 Å². The van der Waals surface area contributed by atoms with Crippen LogP contribution in [0.15, 0.2) is 12.2 Å². The van der Waals surface area contributed by atoms with Gasteiger partial charge in [-0.2, -0.15) is 0 Å². The van der Waals surface area contributed by atoms with E-state index in [1.165, 1.54) is 38.6 Å². The molecule has 148 valence electrons. The van der Waals surface area contributed by atoms with E-state index in [4.69, 9.17) is 0 Å². The number of amides is 1. The van der Waals surface area contributed by atoms with Crippen LogP contribution in [0.25, 0.3) is 0 Å². The van der Waals surface area contributed by atoms with Crippen LogP contribution in [0.3, 0.4) is 0 Å². The predicted octanol–water partition coefficient (Wildman–Crippen LogP) is 4.73. The van der Waals surface area contributed by atoms with Gasteiger partial charge in [-0.05, 0) is 82.8 Å². The largest absolute Gasteiger partial charge is 0.339 e. The van der Waals surface area contributed by atoms with E-state index in [-0.39, 0.29) is 0 Å². The normalized spacial score (nSPS) is 29.0. The lowest BCUT2D eigenvalue weighted by Crippen LogP contribution is -2.45. The van der Waals surface area contributed by atoms with E-state index in [0.29, 0.717) is 23.8 Å². The molecule has 3 rings (SSSR count). The number of carbonyl (C=O) groups is 1. The molecule has 0 saturated heterocycles. The first-order chi connectivity index (χ1) is 12.6. The van der Waals surface area contributed by atoms with E-state index in [1.54, 1.807) is 0 Å². The number of allylic oxidation sites excluding steroid dienone is 2. The van der Waals surface area contributed by atoms with Gasteiger partial charge in [0.2, 0.25) is 5.91 Å². The number of carbonyl (C=O) groups excluding carboxylic acids is 1. The third-order valence-corrected chi connectivity index (χ3v) is 7.36. The van der Waals surface area contributed by atoms with Crippen molar-refractivity contribution in [3.05, 3.63) is 12.2 Å². The minimum atomic E-state index is 0.314. The van der Waals surface area contributed by atoms with Crippen molar-refractivity contribution in [1.82, 2.24) is 9.80 Å². The highest BCUT2D eigenvalue weighted by Gasteiger charge is 2.39. The topological polar surface area (TPSA) is 23.6 Å². The first kappa shape index (κ1) is 19.9. The summed E-state index contributed by atoms with van der Waals surface area (Å²) in [5, 5.41) is 0. The van der Waals surface area contributed by atoms with Crippen molar-refractivity contribution in [3.8, 4) is 0 Å². The molecule has 0 aliphatic heterocycles. The Hall–Kier alpha value is -0.830. The van der Waals surface area contributed by atoms with Gasteiger partial charge in [-0.25, -0.2) is 0 Å². The summed E-state index contributed by atoms with van der Waals surface area (Å²) in [6, 6.07) is 0.391. The third kappa shape index (κ3) is 4.71. The Bertz CT molecular complexity index is 479. The molecule has 26 heavy (non-hydrogen) atoms. The summed E-state index contributed by atoms with van der Waals surface area (Å²) in [5.74, 6) is 3.03. The van der Waals surface area contributed by atoms with Crippen LogP contribution in [0.1, 0.15) is 72.1 Å². The zero-order chi connectivity index (χ0) is 18.5. The van der Waals surface area contributed by atoms with E-state index >= 15 is 0 Å². The lowest BCUT2D eigenvalue weighted by molar-refractivity contribution is -0.138. The van der Waals surface area contributed by atoms with Gasteiger partial charge >= 0.3 is 0 Å². The Balaban J connectivity index is 1.58. The number of fused-ring (bicyclic) bond motifs is 2. The summed E-state index contributed by atoms with van der Waals surface area (Å²) in [4.78, 5) is 18.1. The van der Waals surface area contributed by atoms with Gasteiger partial charge in [0.1, 0.15) is 0 Å². The Morgan fingerprint density at radius 1 is 1.12 bits per heavy atom. The second-order valence-corrected chi connectivity index (χ2v) is 9.03. The van der Waals surface area contributed by atoms with Gasteiger partial charge < -0.3 is 9.80 Å². The van der Waals surface area contributed by atoms with Gasteiger partial charge in [-0.3, -0.25) is 4.79 Å². The highest BCUT2D eigenvalue weighted by atomic mass is 16.2. The highest BCUT2D eigenvalue weighted by Crippen LogP contribution is 2.44. The molecule has 1 amide bonds. The fraction of sp³-hybridized carbons (Fsp3) is 0.870. The third-order valence-electron chi connectivity index (χ3n) is 7.36. The second-order valence-electron chi connectivity index (χ2n) is 9.03. The number of hydrogen-bond acceptors (Lipinski definition) is 2. The van der Waals surface area contributed by atoms with Gasteiger partial charge in [0.25, 0.3) is 0 Å². The molecular weight excluding hydrogens is 320 g/mol. The van der Waals surface area contributed by atoms with Crippen molar-refractivity contribution < 1.29 is 4.79 Å². The molecule has 3 aliphatic carbocycles. The van der Waals surface area contributed by atoms with Crippen LogP contribution in [-0.2, 0) is 4.79 Å². The average molecular weight is 361 g/mol. The van der Waals surface area contributed by atoms with Crippen LogP contribution in [0.2, 0.25) is 0 Å². The number of nitrogens with zero attached hydrogens (tertiary/aromatic N) is 2. The Morgan fingerprint density at radius 2 is 1.85 bits per heavy atom. The summed E-state index contributed by atoms with van der Waals surface area (Å²) < 4.78 is 0. The fourth-order valence-electron chi connectivity index (χ4n) is 5.56. The molecule has 2 saturated carbocycles. The quantitative estimate of drug-likeness (QED) is 0.526. The van der Waals surface area contributed by atoms with Crippen molar-refractivity contribution in [1.29, 1.82) is 0 Å². The predicted molar refractivity (Wildman–Crippen MR) is 109 cm³/mol. The van der Waals surface area contributed by atoms with Gasteiger partial charge in [0.15, 0.2) is 0 Å². The molecule has 0 N–H and O–H groups in total. The van der Waals surface area contributed by atoms with E-state index < -0.39 is 0 Å². The number of hydrogen-bond donors (Lipinski definition) is 0. The van der Waals surface area contributed by atoms with Crippen LogP contribution in [0.5, 0.6) is 0 Å². The molecule has 2 bridgehead atoms. The van der Waals surface area contributed by atoms with Crippen LogP contribution in [-0.4, -0.2) is 47.9 Å². The fourth-order valence-corrected chi connectivity index (χ4v) is 5.56. The van der Waals surface area contributed by atoms with Crippen molar-refractivity contribution in [2.75, 3.05) is 26.2 Å². The number of rotatable bonds is 10. The maximum atomic E-state index is 13.3. The van der Waals surface area contributed by atoms with Crippen LogP contribution < -0.4 is 0 Å². The standard InChI is InChI=1S/C23H40N2O/c1-4-24(5-2)14-8-9-18(3)25(23(26)20-10-6-7-11-20)17-22-16-19-12-13-21(22)15-19/h12-13,18-22H,4-11,14-17H2,1-3H3. The minimum Gasteiger partial charge on any atom is -0.339 e. The zero-order valence-corrected chi connectivity index (χ0v) is 17.3. The minimum absolute atomic E-state index is 0.314. The van der Waals surface area contributed by atoms with E-state index in [9.17, 15) is 4.79 Å². The SMILES string of the molecule is CCN(CC)CCCC(C)N(CC1CC2C=CC1C2)C(=O)C1CCCC1. The van der Waals surface area contributed by atoms with Gasteiger partial charge in [-0.15, -0.1) is 0 Å². The second kappa shape index (κ2) is 9.39. The van der Waals surface area contributed by atoms with E-state index in [0.717, 1.165) is 50.7 Å². The molecule has 0 aromatic carbocycles. The monoisotopic (exact) mass is 360 g/mol. The summed E-state index contributed by atoms with van der Waals surface area (Å²) in [6.07, 6.45) is 14.6. The lowest BCUT2D eigenvalue weighted by atomic mass is 9.91. The molecule has 0 spiro atoms. The van der Waals surface area contributed by atoms with Crippen LogP contribution in [0.4, 0.5) is 0 Å². The van der Waals surface area contributed by atoms with E-state index in [2.05, 4.69) is 42.7 Å². The Morgan fingerprint density at radius 3 is 2.42 bits per heavy atom. The molecule has 2 fully saturated rings. The molecular formula is C23H40N2O. The zero-order valence-electron chi connectivity index (χ0n) is 17.3. The molecule has 3 heteroatoms. The van der Waals surface area contributed by atoms with Gasteiger partial charge in [-0.1, -0.05) is 38.8 Å². The van der Waals surface area contributed by atoms with E-state index in [1.807, 2.05) is 0 Å². The first-order valence-electron chi connectivity index (χ1n) is 11.3. The molecule has 0 heterocycles. The van der Waals surface area contributed by atoms with Crippen molar-refractivity contribution in [3.63, 3.8) is 0 Å². The van der Waals surface area contributed by atoms with Crippen LogP contribution in [0, 0.1) is 23.7 Å². The molecule has 0 aromatic heterocycles. The summed E-state index contributed by atoms with van der Waals surface area (Å²) in [7, 11) is 0. The summed E-state index contributed by atoms with van der Waals surface area (Å²) >= 11 is 0. The summed E-state index contributed by atoms with van der Waals surface area (Å²) in [6.45, 7) is 11.2.